The molecule has 1 aliphatic heterocycles. The largest absolute Gasteiger partial charge is 0.354 e. The molecule has 0 aliphatic carbocycles. The second kappa shape index (κ2) is 7.90. The summed E-state index contributed by atoms with van der Waals surface area (Å²) in [6.45, 7) is 7.76. The summed E-state index contributed by atoms with van der Waals surface area (Å²) in [4.78, 5) is 26.1. The molecule has 6 heteroatoms. The van der Waals surface area contributed by atoms with Crippen molar-refractivity contribution in [1.82, 2.24) is 20.2 Å². The highest BCUT2D eigenvalue weighted by molar-refractivity contribution is 5.93. The van der Waals surface area contributed by atoms with Gasteiger partial charge in [-0.2, -0.15) is 0 Å². The number of piperazine rings is 1. The number of hydrogen-bond acceptors (Lipinski definition) is 5. The predicted molar refractivity (Wildman–Crippen MR) is 99.7 cm³/mol. The number of rotatable bonds is 5. The normalized spacial score (nSPS) is 15.0. The van der Waals surface area contributed by atoms with E-state index in [-0.39, 0.29) is 5.91 Å². The van der Waals surface area contributed by atoms with E-state index in [1.165, 1.54) is 0 Å². The van der Waals surface area contributed by atoms with E-state index in [1.54, 1.807) is 12.1 Å². The van der Waals surface area contributed by atoms with E-state index in [0.717, 1.165) is 37.6 Å². The zero-order valence-corrected chi connectivity index (χ0v) is 14.5. The maximum Gasteiger partial charge on any atom is 0.270 e. The van der Waals surface area contributed by atoms with Gasteiger partial charge in [0, 0.05) is 44.4 Å². The summed E-state index contributed by atoms with van der Waals surface area (Å²) in [5, 5.41) is 2.79. The molecule has 1 aliphatic rings. The number of likely N-dealkylation sites (N-methyl/N-ethyl adjacent to an activating group) is 1. The molecule has 3 rings (SSSR count). The minimum atomic E-state index is -0.213. The van der Waals surface area contributed by atoms with Crippen molar-refractivity contribution in [3.8, 4) is 11.4 Å². The number of nitrogens with one attached hydrogen (secondary N) is 1. The van der Waals surface area contributed by atoms with Crippen LogP contribution < -0.4 is 10.2 Å². The van der Waals surface area contributed by atoms with Gasteiger partial charge in [-0.15, -0.1) is 6.58 Å². The van der Waals surface area contributed by atoms with Gasteiger partial charge >= 0.3 is 0 Å². The van der Waals surface area contributed by atoms with Crippen LogP contribution in [0.3, 0.4) is 0 Å². The first-order valence-corrected chi connectivity index (χ1v) is 8.44. The molecule has 0 saturated carbocycles. The Morgan fingerprint density at radius 3 is 2.60 bits per heavy atom. The molecule has 0 radical (unpaired) electrons. The minimum absolute atomic E-state index is 0.213. The van der Waals surface area contributed by atoms with E-state index in [9.17, 15) is 4.79 Å². The third-order valence-electron chi connectivity index (χ3n) is 4.21. The molecular formula is C19H23N5O. The Balaban J connectivity index is 1.96. The van der Waals surface area contributed by atoms with Crippen molar-refractivity contribution in [3.05, 3.63) is 54.7 Å². The van der Waals surface area contributed by atoms with Crippen LogP contribution in [0.25, 0.3) is 11.4 Å². The highest BCUT2D eigenvalue weighted by atomic mass is 16.1. The molecule has 1 fully saturated rings. The summed E-state index contributed by atoms with van der Waals surface area (Å²) in [5.74, 6) is 1.15. The summed E-state index contributed by atoms with van der Waals surface area (Å²) < 4.78 is 0. The van der Waals surface area contributed by atoms with Crippen molar-refractivity contribution < 1.29 is 4.79 Å². The molecule has 0 unspecified atom stereocenters. The average molecular weight is 337 g/mol. The standard InChI is InChI=1S/C19H23N5O/c1-3-9-20-19(25)16-14-17(24-12-10-23(2)11-13-24)22-18(21-16)15-7-5-4-6-8-15/h3-8,14H,1,9-13H2,2H3,(H,20,25). The van der Waals surface area contributed by atoms with Crippen molar-refractivity contribution in [2.75, 3.05) is 44.7 Å². The maximum absolute atomic E-state index is 12.4. The van der Waals surface area contributed by atoms with E-state index in [2.05, 4.69) is 33.7 Å². The fraction of sp³-hybridized carbons (Fsp3) is 0.316. The zero-order valence-electron chi connectivity index (χ0n) is 14.5. The van der Waals surface area contributed by atoms with E-state index in [1.807, 2.05) is 30.3 Å². The lowest BCUT2D eigenvalue weighted by Gasteiger charge is -2.33. The summed E-state index contributed by atoms with van der Waals surface area (Å²) in [6.07, 6.45) is 1.65. The first kappa shape index (κ1) is 17.1. The topological polar surface area (TPSA) is 61.4 Å². The molecule has 1 N–H and O–H groups in total. The van der Waals surface area contributed by atoms with Crippen LogP contribution in [0.15, 0.2) is 49.1 Å². The molecule has 1 aromatic heterocycles. The van der Waals surface area contributed by atoms with Crippen LogP contribution in [0.5, 0.6) is 0 Å². The fourth-order valence-electron chi connectivity index (χ4n) is 2.72. The number of carbonyl (C=O) groups is 1. The second-order valence-corrected chi connectivity index (χ2v) is 6.09. The molecule has 6 nitrogen and oxygen atoms in total. The molecule has 25 heavy (non-hydrogen) atoms. The Hall–Kier alpha value is -2.73. The van der Waals surface area contributed by atoms with Crippen LogP contribution >= 0.6 is 0 Å². The van der Waals surface area contributed by atoms with Gasteiger partial charge in [0.2, 0.25) is 0 Å². The van der Waals surface area contributed by atoms with Gasteiger partial charge in [0.25, 0.3) is 5.91 Å². The highest BCUT2D eigenvalue weighted by Gasteiger charge is 2.19. The number of hydrogen-bond donors (Lipinski definition) is 1. The smallest absolute Gasteiger partial charge is 0.270 e. The van der Waals surface area contributed by atoms with Crippen LogP contribution in [0.4, 0.5) is 5.82 Å². The molecule has 2 aromatic rings. The number of carbonyl (C=O) groups excluding carboxylic acids is 1. The molecule has 1 amide bonds. The van der Waals surface area contributed by atoms with Gasteiger partial charge in [-0.25, -0.2) is 9.97 Å². The number of amides is 1. The molecule has 0 atom stereocenters. The third-order valence-corrected chi connectivity index (χ3v) is 4.21. The number of nitrogens with zero attached hydrogens (tertiary/aromatic N) is 4. The molecule has 130 valence electrons. The molecule has 0 bridgehead atoms. The molecular weight excluding hydrogens is 314 g/mol. The molecule has 1 saturated heterocycles. The highest BCUT2D eigenvalue weighted by Crippen LogP contribution is 2.21. The van der Waals surface area contributed by atoms with E-state index in [4.69, 9.17) is 4.98 Å². The third kappa shape index (κ3) is 4.22. The molecule has 2 heterocycles. The Morgan fingerprint density at radius 2 is 1.92 bits per heavy atom. The van der Waals surface area contributed by atoms with Crippen molar-refractivity contribution in [2.45, 2.75) is 0 Å². The van der Waals surface area contributed by atoms with Crippen LogP contribution in [-0.2, 0) is 0 Å². The summed E-state index contributed by atoms with van der Waals surface area (Å²) in [6, 6.07) is 11.5. The second-order valence-electron chi connectivity index (χ2n) is 6.09. The quantitative estimate of drug-likeness (QED) is 0.843. The monoisotopic (exact) mass is 337 g/mol. The lowest BCUT2D eigenvalue weighted by molar-refractivity contribution is 0.0953. The average Bonchev–Trinajstić information content (AvgIpc) is 2.67. The Morgan fingerprint density at radius 1 is 1.20 bits per heavy atom. The van der Waals surface area contributed by atoms with Crippen molar-refractivity contribution in [3.63, 3.8) is 0 Å². The maximum atomic E-state index is 12.4. The molecule has 0 spiro atoms. The fourth-order valence-corrected chi connectivity index (χ4v) is 2.72. The van der Waals surface area contributed by atoms with Crippen molar-refractivity contribution in [1.29, 1.82) is 0 Å². The van der Waals surface area contributed by atoms with Gasteiger partial charge in [-0.05, 0) is 7.05 Å². The lowest BCUT2D eigenvalue weighted by atomic mass is 10.2. The summed E-state index contributed by atoms with van der Waals surface area (Å²) in [5.41, 5.74) is 1.28. The Labute approximate surface area is 148 Å². The van der Waals surface area contributed by atoms with Crippen LogP contribution in [0.2, 0.25) is 0 Å². The van der Waals surface area contributed by atoms with Gasteiger partial charge in [0.1, 0.15) is 11.5 Å². The van der Waals surface area contributed by atoms with Crippen molar-refractivity contribution in [2.24, 2.45) is 0 Å². The SMILES string of the molecule is C=CCNC(=O)c1cc(N2CCN(C)CC2)nc(-c2ccccc2)n1. The minimum Gasteiger partial charge on any atom is -0.354 e. The van der Waals surface area contributed by atoms with E-state index >= 15 is 0 Å². The Bertz CT molecular complexity index is 739. The van der Waals surface area contributed by atoms with Crippen LogP contribution in [0.1, 0.15) is 10.5 Å². The zero-order chi connectivity index (χ0) is 17.6. The number of aromatic nitrogens is 2. The first-order valence-electron chi connectivity index (χ1n) is 8.44. The predicted octanol–water partition coefficient (Wildman–Crippen LogP) is 1.81. The summed E-state index contributed by atoms with van der Waals surface area (Å²) in [7, 11) is 2.11. The lowest BCUT2D eigenvalue weighted by Crippen LogP contribution is -2.45. The Kier molecular flexibility index (Phi) is 5.40. The van der Waals surface area contributed by atoms with Gasteiger partial charge in [0.15, 0.2) is 5.82 Å². The van der Waals surface area contributed by atoms with E-state index in [0.29, 0.717) is 18.1 Å². The number of anilines is 1. The van der Waals surface area contributed by atoms with Gasteiger partial charge in [-0.3, -0.25) is 4.79 Å². The van der Waals surface area contributed by atoms with Gasteiger partial charge < -0.3 is 15.1 Å². The van der Waals surface area contributed by atoms with Crippen LogP contribution in [-0.4, -0.2) is 60.5 Å². The van der Waals surface area contributed by atoms with E-state index < -0.39 is 0 Å². The van der Waals surface area contributed by atoms with Gasteiger partial charge in [0.05, 0.1) is 0 Å². The first-order chi connectivity index (χ1) is 12.2. The van der Waals surface area contributed by atoms with Crippen molar-refractivity contribution >= 4 is 11.7 Å². The number of benzene rings is 1. The molecule has 1 aromatic carbocycles. The van der Waals surface area contributed by atoms with Crippen LogP contribution in [0, 0.1) is 0 Å². The van der Waals surface area contributed by atoms with Gasteiger partial charge in [-0.1, -0.05) is 36.4 Å². The summed E-state index contributed by atoms with van der Waals surface area (Å²) >= 11 is 0.